The molecule has 2 aromatic carbocycles. The average molecular weight is 302 g/mol. The molecule has 0 unspecified atom stereocenters. The number of hydrogen-bond donors (Lipinski definition) is 2. The first kappa shape index (κ1) is 14.2. The Bertz CT molecular complexity index is 858. The first-order chi connectivity index (χ1) is 10.6. The fourth-order valence-electron chi connectivity index (χ4n) is 2.38. The van der Waals surface area contributed by atoms with Crippen LogP contribution in [0.15, 0.2) is 48.7 Å². The molecule has 0 aliphatic rings. The molecular weight excluding hydrogens is 290 g/mol. The van der Waals surface area contributed by atoms with Crippen LogP contribution in [-0.2, 0) is 6.54 Å². The van der Waals surface area contributed by atoms with Crippen molar-refractivity contribution >= 4 is 16.8 Å². The highest BCUT2D eigenvalue weighted by Crippen LogP contribution is 2.20. The molecule has 0 fully saturated rings. The number of hydroxylamine groups is 1. The Balaban J connectivity index is 1.96. The van der Waals surface area contributed by atoms with Crippen molar-refractivity contribution in [2.45, 2.75) is 6.54 Å². The monoisotopic (exact) mass is 302 g/mol. The Morgan fingerprint density at radius 2 is 1.95 bits per heavy atom. The molecule has 0 atom stereocenters. The summed E-state index contributed by atoms with van der Waals surface area (Å²) in [5.41, 5.74) is 3.07. The lowest BCUT2D eigenvalue weighted by molar-refractivity contribution is 0.0706. The van der Waals surface area contributed by atoms with Crippen molar-refractivity contribution in [2.75, 3.05) is 0 Å². The molecule has 4 nitrogen and oxygen atoms in total. The molecule has 6 heteroatoms. The van der Waals surface area contributed by atoms with Crippen molar-refractivity contribution < 1.29 is 18.8 Å². The highest BCUT2D eigenvalue weighted by molar-refractivity contribution is 5.97. The summed E-state index contributed by atoms with van der Waals surface area (Å²) in [6.07, 6.45) is 1.76. The molecule has 112 valence electrons. The number of nitrogens with zero attached hydrogens (tertiary/aromatic N) is 1. The van der Waals surface area contributed by atoms with Crippen LogP contribution in [0.2, 0.25) is 0 Å². The minimum Gasteiger partial charge on any atom is -0.343 e. The van der Waals surface area contributed by atoms with Crippen LogP contribution in [0, 0.1) is 11.6 Å². The molecule has 1 heterocycles. The van der Waals surface area contributed by atoms with Crippen molar-refractivity contribution in [3.63, 3.8) is 0 Å². The molecular formula is C16H12F2N2O2. The maximum absolute atomic E-state index is 13.7. The zero-order valence-electron chi connectivity index (χ0n) is 11.4. The number of carbonyl (C=O) groups excluding carboxylic acids is 1. The van der Waals surface area contributed by atoms with Crippen LogP contribution in [0.1, 0.15) is 15.9 Å². The molecule has 0 saturated carbocycles. The quantitative estimate of drug-likeness (QED) is 0.577. The third kappa shape index (κ3) is 2.56. The highest BCUT2D eigenvalue weighted by atomic mass is 19.1. The smallest absolute Gasteiger partial charge is 0.274 e. The topological polar surface area (TPSA) is 54.3 Å². The van der Waals surface area contributed by atoms with E-state index in [0.29, 0.717) is 11.1 Å². The molecule has 1 amide bonds. The van der Waals surface area contributed by atoms with E-state index in [1.54, 1.807) is 40.5 Å². The maximum atomic E-state index is 13.7. The summed E-state index contributed by atoms with van der Waals surface area (Å²) in [6.45, 7) is 0.251. The van der Waals surface area contributed by atoms with E-state index in [1.165, 1.54) is 12.1 Å². The van der Waals surface area contributed by atoms with Crippen LogP contribution < -0.4 is 5.48 Å². The van der Waals surface area contributed by atoms with Crippen LogP contribution in [-0.4, -0.2) is 15.7 Å². The average Bonchev–Trinajstić information content (AvgIpc) is 2.91. The number of rotatable bonds is 3. The second-order valence-corrected chi connectivity index (χ2v) is 4.89. The van der Waals surface area contributed by atoms with Crippen molar-refractivity contribution in [1.29, 1.82) is 0 Å². The van der Waals surface area contributed by atoms with E-state index in [2.05, 4.69) is 0 Å². The van der Waals surface area contributed by atoms with Crippen LogP contribution >= 0.6 is 0 Å². The molecule has 0 aliphatic heterocycles. The fourth-order valence-corrected chi connectivity index (χ4v) is 2.38. The zero-order valence-corrected chi connectivity index (χ0v) is 11.4. The highest BCUT2D eigenvalue weighted by Gasteiger charge is 2.09. The van der Waals surface area contributed by atoms with E-state index in [0.717, 1.165) is 17.0 Å². The van der Waals surface area contributed by atoms with Crippen molar-refractivity contribution in [3.05, 3.63) is 71.4 Å². The van der Waals surface area contributed by atoms with E-state index >= 15 is 0 Å². The van der Waals surface area contributed by atoms with Gasteiger partial charge in [-0.3, -0.25) is 10.0 Å². The van der Waals surface area contributed by atoms with E-state index in [4.69, 9.17) is 5.21 Å². The molecule has 0 radical (unpaired) electrons. The lowest BCUT2D eigenvalue weighted by Crippen LogP contribution is -2.18. The summed E-state index contributed by atoms with van der Waals surface area (Å²) in [5, 5.41) is 9.42. The Morgan fingerprint density at radius 3 is 2.68 bits per heavy atom. The van der Waals surface area contributed by atoms with E-state index in [1.807, 2.05) is 0 Å². The molecule has 0 spiro atoms. The molecule has 22 heavy (non-hydrogen) atoms. The standard InChI is InChI=1S/C16H12F2N2O2/c17-13-3-1-12(14(18)8-13)9-20-6-5-10-7-11(16(21)19-22)2-4-15(10)20/h1-8,22H,9H2,(H,19,21). The number of amides is 1. The Morgan fingerprint density at radius 1 is 1.14 bits per heavy atom. The molecule has 0 bridgehead atoms. The predicted octanol–water partition coefficient (Wildman–Crippen LogP) is 3.09. The molecule has 1 aromatic heterocycles. The van der Waals surface area contributed by atoms with Crippen molar-refractivity contribution in [1.82, 2.24) is 10.0 Å². The SMILES string of the molecule is O=C(NO)c1ccc2c(ccn2Cc2ccc(F)cc2F)c1. The van der Waals surface area contributed by atoms with Gasteiger partial charge in [-0.1, -0.05) is 6.07 Å². The summed E-state index contributed by atoms with van der Waals surface area (Å²) >= 11 is 0. The number of halogens is 2. The predicted molar refractivity (Wildman–Crippen MR) is 76.7 cm³/mol. The first-order valence-corrected chi connectivity index (χ1v) is 6.56. The van der Waals surface area contributed by atoms with Gasteiger partial charge in [0.1, 0.15) is 11.6 Å². The van der Waals surface area contributed by atoms with Crippen LogP contribution in [0.25, 0.3) is 10.9 Å². The van der Waals surface area contributed by atoms with Crippen molar-refractivity contribution in [2.24, 2.45) is 0 Å². The normalized spacial score (nSPS) is 10.9. The molecule has 0 aliphatic carbocycles. The van der Waals surface area contributed by atoms with Crippen LogP contribution in [0.5, 0.6) is 0 Å². The number of hydrogen-bond acceptors (Lipinski definition) is 2. The van der Waals surface area contributed by atoms with Gasteiger partial charge < -0.3 is 4.57 Å². The lowest BCUT2D eigenvalue weighted by Gasteiger charge is -2.07. The van der Waals surface area contributed by atoms with E-state index < -0.39 is 17.5 Å². The van der Waals surface area contributed by atoms with Crippen LogP contribution in [0.3, 0.4) is 0 Å². The minimum atomic E-state index is -0.613. The third-order valence-corrected chi connectivity index (χ3v) is 3.49. The number of nitrogens with one attached hydrogen (secondary N) is 1. The number of aromatic nitrogens is 1. The first-order valence-electron chi connectivity index (χ1n) is 6.56. The second kappa shape index (κ2) is 5.57. The molecule has 3 rings (SSSR count). The summed E-state index contributed by atoms with van der Waals surface area (Å²) in [5.74, 6) is -1.81. The number of carbonyl (C=O) groups is 1. The van der Waals surface area contributed by atoms with Gasteiger partial charge in [0.15, 0.2) is 0 Å². The number of fused-ring (bicyclic) bond motifs is 1. The van der Waals surface area contributed by atoms with Gasteiger partial charge in [-0.2, -0.15) is 0 Å². The van der Waals surface area contributed by atoms with Gasteiger partial charge in [-0.25, -0.2) is 14.3 Å². The Labute approximate surface area is 124 Å². The largest absolute Gasteiger partial charge is 0.343 e. The van der Waals surface area contributed by atoms with E-state index in [9.17, 15) is 13.6 Å². The fraction of sp³-hybridized carbons (Fsp3) is 0.0625. The molecule has 0 saturated heterocycles. The Hall–Kier alpha value is -2.73. The summed E-state index contributed by atoms with van der Waals surface area (Å²) < 4.78 is 28.4. The summed E-state index contributed by atoms with van der Waals surface area (Å²) in [6, 6.07) is 10.2. The third-order valence-electron chi connectivity index (χ3n) is 3.49. The van der Waals surface area contributed by atoms with E-state index in [-0.39, 0.29) is 6.54 Å². The number of benzene rings is 2. The van der Waals surface area contributed by atoms with Gasteiger partial charge in [-0.05, 0) is 30.3 Å². The van der Waals surface area contributed by atoms with Gasteiger partial charge in [0.05, 0.1) is 6.54 Å². The van der Waals surface area contributed by atoms with Gasteiger partial charge in [-0.15, -0.1) is 0 Å². The maximum Gasteiger partial charge on any atom is 0.274 e. The lowest BCUT2D eigenvalue weighted by atomic mass is 10.1. The second-order valence-electron chi connectivity index (χ2n) is 4.89. The van der Waals surface area contributed by atoms with Gasteiger partial charge in [0, 0.05) is 34.3 Å². The molecule has 3 aromatic rings. The van der Waals surface area contributed by atoms with Crippen molar-refractivity contribution in [3.8, 4) is 0 Å². The summed E-state index contributed by atoms with van der Waals surface area (Å²) in [4.78, 5) is 11.4. The van der Waals surface area contributed by atoms with Gasteiger partial charge >= 0.3 is 0 Å². The van der Waals surface area contributed by atoms with Crippen LogP contribution in [0.4, 0.5) is 8.78 Å². The minimum absolute atomic E-state index is 0.251. The molecule has 2 N–H and O–H groups in total. The summed E-state index contributed by atoms with van der Waals surface area (Å²) in [7, 11) is 0. The van der Waals surface area contributed by atoms with Gasteiger partial charge in [0.25, 0.3) is 5.91 Å². The Kier molecular flexibility index (Phi) is 3.60. The zero-order chi connectivity index (χ0) is 15.7. The van der Waals surface area contributed by atoms with Gasteiger partial charge in [0.2, 0.25) is 0 Å².